The van der Waals surface area contributed by atoms with Crippen LogP contribution in [0.5, 0.6) is 5.75 Å². The lowest BCUT2D eigenvalue weighted by atomic mass is 10.0. The van der Waals surface area contributed by atoms with Crippen molar-refractivity contribution in [1.29, 1.82) is 0 Å². The average molecular weight is 298 g/mol. The van der Waals surface area contributed by atoms with E-state index in [1.807, 2.05) is 12.1 Å². The van der Waals surface area contributed by atoms with Crippen LogP contribution < -0.4 is 4.74 Å². The Balaban J connectivity index is 1.94. The molecule has 0 spiro atoms. The van der Waals surface area contributed by atoms with Gasteiger partial charge in [0.15, 0.2) is 0 Å². The first-order chi connectivity index (χ1) is 10.4. The van der Waals surface area contributed by atoms with Gasteiger partial charge in [0, 0.05) is 42.1 Å². The van der Waals surface area contributed by atoms with E-state index >= 15 is 0 Å². The maximum absolute atomic E-state index is 5.26. The zero-order chi connectivity index (χ0) is 15.9. The van der Waals surface area contributed by atoms with Crippen molar-refractivity contribution in [2.45, 2.75) is 46.3 Å². The number of benzene rings is 1. The van der Waals surface area contributed by atoms with Gasteiger partial charge in [-0.1, -0.05) is 12.1 Å². The molecule has 0 unspecified atom stereocenters. The van der Waals surface area contributed by atoms with Crippen LogP contribution in [0, 0.1) is 6.92 Å². The fraction of sp³-hybridized carbons (Fsp3) is 0.474. The largest absolute Gasteiger partial charge is 0.497 e. The lowest BCUT2D eigenvalue weighted by Crippen LogP contribution is -2.45. The van der Waals surface area contributed by atoms with Gasteiger partial charge in [0.2, 0.25) is 0 Å². The van der Waals surface area contributed by atoms with Gasteiger partial charge >= 0.3 is 0 Å². The molecule has 0 atom stereocenters. The number of aromatic nitrogens is 1. The Kier molecular flexibility index (Phi) is 3.77. The standard InChI is InChI=1S/C19H26N2O/c1-14-18(15-6-8-17(22-5)9-7-15)12-16-13-20(19(2,3)4)10-11-21(14)16/h6-9,12H,10-11,13H2,1-5H3. The fourth-order valence-electron chi connectivity index (χ4n) is 3.28. The van der Waals surface area contributed by atoms with E-state index in [0.29, 0.717) is 0 Å². The van der Waals surface area contributed by atoms with Gasteiger partial charge in [0.25, 0.3) is 0 Å². The van der Waals surface area contributed by atoms with Crippen molar-refractivity contribution in [3.63, 3.8) is 0 Å². The Morgan fingerprint density at radius 1 is 1.05 bits per heavy atom. The first kappa shape index (κ1) is 15.2. The topological polar surface area (TPSA) is 17.4 Å². The summed E-state index contributed by atoms with van der Waals surface area (Å²) in [6, 6.07) is 10.7. The molecule has 3 nitrogen and oxygen atoms in total. The van der Waals surface area contributed by atoms with E-state index in [1.165, 1.54) is 22.5 Å². The lowest BCUT2D eigenvalue weighted by Gasteiger charge is -2.39. The summed E-state index contributed by atoms with van der Waals surface area (Å²) >= 11 is 0. The molecule has 1 aromatic carbocycles. The number of ether oxygens (including phenoxy) is 1. The molecule has 1 aliphatic heterocycles. The second kappa shape index (κ2) is 5.47. The van der Waals surface area contributed by atoms with E-state index < -0.39 is 0 Å². The number of rotatable bonds is 2. The molecule has 0 bridgehead atoms. The molecular weight excluding hydrogens is 272 g/mol. The summed E-state index contributed by atoms with van der Waals surface area (Å²) in [6.07, 6.45) is 0. The van der Waals surface area contributed by atoms with Crippen LogP contribution in [0.15, 0.2) is 30.3 Å². The van der Waals surface area contributed by atoms with E-state index in [9.17, 15) is 0 Å². The Morgan fingerprint density at radius 2 is 1.73 bits per heavy atom. The molecule has 2 aromatic rings. The summed E-state index contributed by atoms with van der Waals surface area (Å²) in [5, 5.41) is 0. The minimum absolute atomic E-state index is 0.226. The van der Waals surface area contributed by atoms with Crippen LogP contribution in [-0.2, 0) is 13.1 Å². The van der Waals surface area contributed by atoms with E-state index in [-0.39, 0.29) is 5.54 Å². The van der Waals surface area contributed by atoms with Crippen LogP contribution in [0.3, 0.4) is 0 Å². The van der Waals surface area contributed by atoms with Gasteiger partial charge in [-0.05, 0) is 51.5 Å². The van der Waals surface area contributed by atoms with Crippen LogP contribution >= 0.6 is 0 Å². The molecule has 118 valence electrons. The van der Waals surface area contributed by atoms with E-state index in [4.69, 9.17) is 4.74 Å². The van der Waals surface area contributed by atoms with Crippen molar-refractivity contribution < 1.29 is 4.74 Å². The smallest absolute Gasteiger partial charge is 0.118 e. The fourth-order valence-corrected chi connectivity index (χ4v) is 3.28. The SMILES string of the molecule is COc1ccc(-c2cc3n(c2C)CCN(C(C)(C)C)C3)cc1. The maximum atomic E-state index is 5.26. The molecule has 3 heteroatoms. The Labute approximate surface area is 133 Å². The maximum Gasteiger partial charge on any atom is 0.118 e. The summed E-state index contributed by atoms with van der Waals surface area (Å²) in [7, 11) is 1.71. The molecule has 0 radical (unpaired) electrons. The minimum Gasteiger partial charge on any atom is -0.497 e. The van der Waals surface area contributed by atoms with Gasteiger partial charge in [0.1, 0.15) is 5.75 Å². The third kappa shape index (κ3) is 2.66. The molecule has 22 heavy (non-hydrogen) atoms. The molecule has 0 amide bonds. The molecule has 0 N–H and O–H groups in total. The van der Waals surface area contributed by atoms with E-state index in [0.717, 1.165) is 25.4 Å². The van der Waals surface area contributed by atoms with Crippen LogP contribution in [0.2, 0.25) is 0 Å². The average Bonchev–Trinajstić information content (AvgIpc) is 2.83. The second-order valence-corrected chi connectivity index (χ2v) is 7.11. The summed E-state index contributed by atoms with van der Waals surface area (Å²) < 4.78 is 7.73. The zero-order valence-corrected chi connectivity index (χ0v) is 14.3. The van der Waals surface area contributed by atoms with Gasteiger partial charge < -0.3 is 9.30 Å². The molecule has 2 heterocycles. The third-order valence-electron chi connectivity index (χ3n) is 4.75. The zero-order valence-electron chi connectivity index (χ0n) is 14.3. The second-order valence-electron chi connectivity index (χ2n) is 7.11. The summed E-state index contributed by atoms with van der Waals surface area (Å²) in [5.74, 6) is 0.907. The number of hydrogen-bond acceptors (Lipinski definition) is 2. The lowest BCUT2D eigenvalue weighted by molar-refractivity contribution is 0.102. The first-order valence-corrected chi connectivity index (χ1v) is 7.98. The number of methoxy groups -OCH3 is 1. The molecule has 0 saturated carbocycles. The Bertz CT molecular complexity index is 662. The molecule has 0 saturated heterocycles. The number of fused-ring (bicyclic) bond motifs is 1. The highest BCUT2D eigenvalue weighted by molar-refractivity contribution is 5.68. The molecule has 3 rings (SSSR count). The highest BCUT2D eigenvalue weighted by Gasteiger charge is 2.27. The highest BCUT2D eigenvalue weighted by atomic mass is 16.5. The normalized spacial score (nSPS) is 15.7. The van der Waals surface area contributed by atoms with Crippen molar-refractivity contribution in [2.75, 3.05) is 13.7 Å². The molecule has 0 aliphatic carbocycles. The summed E-state index contributed by atoms with van der Waals surface area (Å²) in [5.41, 5.74) is 5.62. The monoisotopic (exact) mass is 298 g/mol. The van der Waals surface area contributed by atoms with Crippen molar-refractivity contribution in [1.82, 2.24) is 9.47 Å². The van der Waals surface area contributed by atoms with Crippen LogP contribution in [-0.4, -0.2) is 28.7 Å². The van der Waals surface area contributed by atoms with Crippen LogP contribution in [0.4, 0.5) is 0 Å². The predicted octanol–water partition coefficient (Wildman–Crippen LogP) is 4.09. The Hall–Kier alpha value is -1.74. The number of nitrogens with zero attached hydrogens (tertiary/aromatic N) is 2. The molecule has 0 fully saturated rings. The molecule has 1 aromatic heterocycles. The van der Waals surface area contributed by atoms with E-state index in [2.05, 4.69) is 55.4 Å². The van der Waals surface area contributed by atoms with Gasteiger partial charge in [-0.2, -0.15) is 0 Å². The van der Waals surface area contributed by atoms with Crippen molar-refractivity contribution in [3.05, 3.63) is 41.7 Å². The van der Waals surface area contributed by atoms with Gasteiger partial charge in [-0.3, -0.25) is 4.90 Å². The third-order valence-corrected chi connectivity index (χ3v) is 4.75. The minimum atomic E-state index is 0.226. The van der Waals surface area contributed by atoms with Crippen LogP contribution in [0.25, 0.3) is 11.1 Å². The predicted molar refractivity (Wildman–Crippen MR) is 91.3 cm³/mol. The van der Waals surface area contributed by atoms with Crippen LogP contribution in [0.1, 0.15) is 32.2 Å². The number of hydrogen-bond donors (Lipinski definition) is 0. The summed E-state index contributed by atoms with van der Waals surface area (Å²) in [6.45, 7) is 12.3. The van der Waals surface area contributed by atoms with Crippen molar-refractivity contribution in [2.24, 2.45) is 0 Å². The quantitative estimate of drug-likeness (QED) is 0.831. The van der Waals surface area contributed by atoms with Crippen molar-refractivity contribution in [3.8, 4) is 16.9 Å². The van der Waals surface area contributed by atoms with Gasteiger partial charge in [-0.15, -0.1) is 0 Å². The summed E-state index contributed by atoms with van der Waals surface area (Å²) in [4.78, 5) is 2.56. The Morgan fingerprint density at radius 3 is 2.32 bits per heavy atom. The van der Waals surface area contributed by atoms with Gasteiger partial charge in [0.05, 0.1) is 7.11 Å². The van der Waals surface area contributed by atoms with Gasteiger partial charge in [-0.25, -0.2) is 0 Å². The first-order valence-electron chi connectivity index (χ1n) is 7.98. The highest BCUT2D eigenvalue weighted by Crippen LogP contribution is 2.32. The molecular formula is C19H26N2O. The van der Waals surface area contributed by atoms with Crippen molar-refractivity contribution >= 4 is 0 Å². The molecule has 1 aliphatic rings. The van der Waals surface area contributed by atoms with E-state index in [1.54, 1.807) is 7.11 Å².